The maximum atomic E-state index is 10.5. The molecule has 0 saturated heterocycles. The van der Waals surface area contributed by atoms with Crippen LogP contribution in [0.1, 0.15) is 18.7 Å². The molecule has 12 heavy (non-hydrogen) atoms. The van der Waals surface area contributed by atoms with Gasteiger partial charge in [0.1, 0.15) is 17.8 Å². The fraction of sp³-hybridized carbons (Fsp3) is 0.250. The van der Waals surface area contributed by atoms with Crippen molar-refractivity contribution < 1.29 is 9.90 Å². The highest BCUT2D eigenvalue weighted by Crippen LogP contribution is 2.10. The fourth-order valence-electron chi connectivity index (χ4n) is 0.945. The van der Waals surface area contributed by atoms with Crippen molar-refractivity contribution in [1.82, 2.24) is 4.57 Å². The van der Waals surface area contributed by atoms with Gasteiger partial charge in [0.15, 0.2) is 0 Å². The standard InChI is InChI=1S/C8H8N2O2/c1-6(8(11)12)10-4-2-3-7(10)5-9/h2-4,6H,1H3,(H,11,12)/t6-/m0/s1. The van der Waals surface area contributed by atoms with Gasteiger partial charge in [0.25, 0.3) is 0 Å². The molecule has 0 amide bonds. The molecule has 1 aromatic heterocycles. The second-order valence-electron chi connectivity index (χ2n) is 2.43. The van der Waals surface area contributed by atoms with E-state index in [1.807, 2.05) is 6.07 Å². The zero-order valence-electron chi connectivity index (χ0n) is 6.56. The summed E-state index contributed by atoms with van der Waals surface area (Å²) in [5.41, 5.74) is 0.366. The maximum absolute atomic E-state index is 10.5. The third-order valence-electron chi connectivity index (χ3n) is 1.67. The van der Waals surface area contributed by atoms with E-state index >= 15 is 0 Å². The van der Waals surface area contributed by atoms with Crippen LogP contribution in [-0.2, 0) is 4.79 Å². The molecule has 1 rings (SSSR count). The number of hydrogen-bond acceptors (Lipinski definition) is 2. The van der Waals surface area contributed by atoms with Crippen LogP contribution in [0.4, 0.5) is 0 Å². The number of nitrogens with zero attached hydrogens (tertiary/aromatic N) is 2. The highest BCUT2D eigenvalue weighted by molar-refractivity contribution is 5.71. The van der Waals surface area contributed by atoms with Gasteiger partial charge in [-0.2, -0.15) is 5.26 Å². The first-order chi connectivity index (χ1) is 5.66. The maximum Gasteiger partial charge on any atom is 0.326 e. The van der Waals surface area contributed by atoms with Crippen LogP contribution >= 0.6 is 0 Å². The highest BCUT2D eigenvalue weighted by atomic mass is 16.4. The molecular weight excluding hydrogens is 156 g/mol. The molecule has 4 nitrogen and oxygen atoms in total. The van der Waals surface area contributed by atoms with Gasteiger partial charge in [0.05, 0.1) is 0 Å². The molecule has 0 aliphatic rings. The number of aliphatic carboxylic acids is 1. The number of rotatable bonds is 2. The number of carboxylic acid groups (broad SMARTS) is 1. The number of aromatic nitrogens is 1. The van der Waals surface area contributed by atoms with Crippen LogP contribution in [0, 0.1) is 11.3 Å². The Hall–Kier alpha value is -1.76. The number of nitriles is 1. The molecule has 0 aromatic carbocycles. The van der Waals surface area contributed by atoms with Gasteiger partial charge in [-0.25, -0.2) is 4.79 Å². The molecule has 0 unspecified atom stereocenters. The number of carbonyl (C=O) groups is 1. The summed E-state index contributed by atoms with van der Waals surface area (Å²) < 4.78 is 1.42. The van der Waals surface area contributed by atoms with Gasteiger partial charge in [-0.3, -0.25) is 0 Å². The highest BCUT2D eigenvalue weighted by Gasteiger charge is 2.14. The van der Waals surface area contributed by atoms with Crippen LogP contribution < -0.4 is 0 Å². The van der Waals surface area contributed by atoms with Gasteiger partial charge in [0.2, 0.25) is 0 Å². The van der Waals surface area contributed by atoms with Crippen molar-refractivity contribution in [2.24, 2.45) is 0 Å². The molecule has 62 valence electrons. The second-order valence-corrected chi connectivity index (χ2v) is 2.43. The molecule has 0 fully saturated rings. The summed E-state index contributed by atoms with van der Waals surface area (Å²) in [4.78, 5) is 10.5. The monoisotopic (exact) mass is 164 g/mol. The number of hydrogen-bond donors (Lipinski definition) is 1. The summed E-state index contributed by atoms with van der Waals surface area (Å²) in [5, 5.41) is 17.2. The lowest BCUT2D eigenvalue weighted by atomic mass is 10.3. The minimum absolute atomic E-state index is 0.366. The van der Waals surface area contributed by atoms with Crippen LogP contribution in [0.2, 0.25) is 0 Å². The van der Waals surface area contributed by atoms with E-state index in [1.165, 1.54) is 11.5 Å². The molecular formula is C8H8N2O2. The Balaban J connectivity index is 3.03. The van der Waals surface area contributed by atoms with Crippen LogP contribution in [0.3, 0.4) is 0 Å². The molecule has 1 aromatic rings. The molecule has 0 saturated carbocycles. The molecule has 1 N–H and O–H groups in total. The summed E-state index contributed by atoms with van der Waals surface area (Å²) >= 11 is 0. The summed E-state index contributed by atoms with van der Waals surface area (Å²) in [6, 6.07) is 4.46. The SMILES string of the molecule is C[C@@H](C(=O)O)n1cccc1C#N. The predicted molar refractivity (Wildman–Crippen MR) is 41.5 cm³/mol. The average Bonchev–Trinajstić information content (AvgIpc) is 2.49. The molecule has 0 aliphatic carbocycles. The van der Waals surface area contributed by atoms with Crippen molar-refractivity contribution in [2.45, 2.75) is 13.0 Å². The zero-order valence-corrected chi connectivity index (χ0v) is 6.56. The van der Waals surface area contributed by atoms with Crippen LogP contribution in [0.15, 0.2) is 18.3 Å². The fourth-order valence-corrected chi connectivity index (χ4v) is 0.945. The van der Waals surface area contributed by atoms with Crippen LogP contribution in [0.25, 0.3) is 0 Å². The van der Waals surface area contributed by atoms with Crippen molar-refractivity contribution in [3.8, 4) is 6.07 Å². The third kappa shape index (κ3) is 1.30. The largest absolute Gasteiger partial charge is 0.480 e. The smallest absolute Gasteiger partial charge is 0.326 e. The van der Waals surface area contributed by atoms with E-state index in [4.69, 9.17) is 10.4 Å². The van der Waals surface area contributed by atoms with E-state index < -0.39 is 12.0 Å². The van der Waals surface area contributed by atoms with Crippen molar-refractivity contribution in [1.29, 1.82) is 5.26 Å². The summed E-state index contributed by atoms with van der Waals surface area (Å²) in [6.45, 7) is 1.53. The second kappa shape index (κ2) is 3.09. The van der Waals surface area contributed by atoms with Gasteiger partial charge >= 0.3 is 5.97 Å². The van der Waals surface area contributed by atoms with E-state index in [-0.39, 0.29) is 0 Å². The van der Waals surface area contributed by atoms with E-state index in [9.17, 15) is 4.79 Å². The topological polar surface area (TPSA) is 66.0 Å². The van der Waals surface area contributed by atoms with Gasteiger partial charge in [-0.1, -0.05) is 0 Å². The normalized spacial score (nSPS) is 12.0. The van der Waals surface area contributed by atoms with Crippen molar-refractivity contribution in [3.05, 3.63) is 24.0 Å². The van der Waals surface area contributed by atoms with E-state index in [0.717, 1.165) is 0 Å². The van der Waals surface area contributed by atoms with Crippen molar-refractivity contribution in [2.75, 3.05) is 0 Å². The lowest BCUT2D eigenvalue weighted by molar-refractivity contribution is -0.140. The third-order valence-corrected chi connectivity index (χ3v) is 1.67. The minimum atomic E-state index is -0.942. The van der Waals surface area contributed by atoms with E-state index in [1.54, 1.807) is 18.3 Å². The Morgan fingerprint density at radius 3 is 3.00 bits per heavy atom. The van der Waals surface area contributed by atoms with Crippen molar-refractivity contribution in [3.63, 3.8) is 0 Å². The first kappa shape index (κ1) is 8.34. The van der Waals surface area contributed by atoms with E-state index in [2.05, 4.69) is 0 Å². The molecule has 0 bridgehead atoms. The van der Waals surface area contributed by atoms with Gasteiger partial charge in [-0.15, -0.1) is 0 Å². The van der Waals surface area contributed by atoms with E-state index in [0.29, 0.717) is 5.69 Å². The molecule has 0 radical (unpaired) electrons. The van der Waals surface area contributed by atoms with Gasteiger partial charge < -0.3 is 9.67 Å². The minimum Gasteiger partial charge on any atom is -0.480 e. The predicted octanol–water partition coefficient (Wildman–Crippen LogP) is 1.01. The summed E-state index contributed by atoms with van der Waals surface area (Å²) in [6.07, 6.45) is 1.58. The Bertz CT molecular complexity index is 335. The molecule has 4 heteroatoms. The Morgan fingerprint density at radius 1 is 1.83 bits per heavy atom. The Labute approximate surface area is 69.7 Å². The number of carboxylic acids is 1. The summed E-state index contributed by atoms with van der Waals surface area (Å²) in [5.74, 6) is -0.942. The zero-order chi connectivity index (χ0) is 9.14. The van der Waals surface area contributed by atoms with Crippen molar-refractivity contribution >= 4 is 5.97 Å². The van der Waals surface area contributed by atoms with Crippen LogP contribution in [-0.4, -0.2) is 15.6 Å². The van der Waals surface area contributed by atoms with Gasteiger partial charge in [0, 0.05) is 6.20 Å². The molecule has 0 aliphatic heterocycles. The average molecular weight is 164 g/mol. The lowest BCUT2D eigenvalue weighted by Gasteiger charge is -2.08. The van der Waals surface area contributed by atoms with Crippen LogP contribution in [0.5, 0.6) is 0 Å². The molecule has 1 atom stereocenters. The first-order valence-electron chi connectivity index (χ1n) is 3.46. The quantitative estimate of drug-likeness (QED) is 0.709. The first-order valence-corrected chi connectivity index (χ1v) is 3.46. The Morgan fingerprint density at radius 2 is 2.50 bits per heavy atom. The Kier molecular flexibility index (Phi) is 2.15. The molecule has 0 spiro atoms. The summed E-state index contributed by atoms with van der Waals surface area (Å²) in [7, 11) is 0. The van der Waals surface area contributed by atoms with Gasteiger partial charge in [-0.05, 0) is 19.1 Å². The molecule has 1 heterocycles. The lowest BCUT2D eigenvalue weighted by Crippen LogP contribution is -2.15.